The number of rotatable bonds is 4. The smallest absolute Gasteiger partial charge is 0.247 e. The molecule has 4 rings (SSSR count). The first-order valence-electron chi connectivity index (χ1n) is 8.48. The lowest BCUT2D eigenvalue weighted by Crippen LogP contribution is -2.32. The van der Waals surface area contributed by atoms with Crippen LogP contribution < -0.4 is 0 Å². The summed E-state index contributed by atoms with van der Waals surface area (Å²) in [5.74, 6) is 1.35. The largest absolute Gasteiger partial charge is 0.420 e. The molecule has 6 heteroatoms. The molecule has 1 fully saturated rings. The van der Waals surface area contributed by atoms with Gasteiger partial charge in [-0.15, -0.1) is 10.2 Å². The van der Waals surface area contributed by atoms with Gasteiger partial charge in [-0.2, -0.15) is 0 Å². The SMILES string of the molecule is Fc1cccc(CN2CCC(c3nnc(-c4ccncc4)o3)CC2)c1. The summed E-state index contributed by atoms with van der Waals surface area (Å²) in [6.45, 7) is 2.65. The van der Waals surface area contributed by atoms with E-state index >= 15 is 0 Å². The van der Waals surface area contributed by atoms with E-state index in [0.717, 1.165) is 43.6 Å². The number of likely N-dealkylation sites (tertiary alicyclic amines) is 1. The molecule has 1 aromatic carbocycles. The molecule has 5 nitrogen and oxygen atoms in total. The summed E-state index contributed by atoms with van der Waals surface area (Å²) in [5.41, 5.74) is 1.90. The highest BCUT2D eigenvalue weighted by Gasteiger charge is 2.25. The third kappa shape index (κ3) is 3.74. The van der Waals surface area contributed by atoms with Crippen molar-refractivity contribution in [3.05, 3.63) is 66.1 Å². The van der Waals surface area contributed by atoms with Gasteiger partial charge in [0, 0.05) is 30.4 Å². The van der Waals surface area contributed by atoms with Crippen molar-refractivity contribution >= 4 is 0 Å². The molecule has 0 atom stereocenters. The van der Waals surface area contributed by atoms with Crippen LogP contribution in [0.5, 0.6) is 0 Å². The molecule has 1 saturated heterocycles. The predicted molar refractivity (Wildman–Crippen MR) is 91.2 cm³/mol. The first kappa shape index (κ1) is 15.9. The molecule has 0 N–H and O–H groups in total. The van der Waals surface area contributed by atoms with Crippen LogP contribution in [0, 0.1) is 5.82 Å². The molecule has 0 bridgehead atoms. The Kier molecular flexibility index (Phi) is 4.52. The van der Waals surface area contributed by atoms with Gasteiger partial charge in [0.15, 0.2) is 0 Å². The van der Waals surface area contributed by atoms with Gasteiger partial charge in [-0.05, 0) is 55.8 Å². The molecule has 0 unspecified atom stereocenters. The van der Waals surface area contributed by atoms with E-state index in [1.165, 1.54) is 6.07 Å². The quantitative estimate of drug-likeness (QED) is 0.727. The van der Waals surface area contributed by atoms with Gasteiger partial charge in [0.25, 0.3) is 0 Å². The molecule has 0 saturated carbocycles. The van der Waals surface area contributed by atoms with Crippen molar-refractivity contribution in [3.8, 4) is 11.5 Å². The molecule has 0 radical (unpaired) electrons. The lowest BCUT2D eigenvalue weighted by molar-refractivity contribution is 0.193. The normalized spacial score (nSPS) is 16.2. The summed E-state index contributed by atoms with van der Waals surface area (Å²) in [6.07, 6.45) is 5.36. The second kappa shape index (κ2) is 7.11. The monoisotopic (exact) mass is 338 g/mol. The van der Waals surface area contributed by atoms with Crippen molar-refractivity contribution in [2.45, 2.75) is 25.3 Å². The van der Waals surface area contributed by atoms with Crippen LogP contribution in [0.1, 0.15) is 30.2 Å². The van der Waals surface area contributed by atoms with Crippen LogP contribution in [0.15, 0.2) is 53.2 Å². The Bertz CT molecular complexity index is 828. The predicted octanol–water partition coefficient (Wildman–Crippen LogP) is 3.65. The van der Waals surface area contributed by atoms with Gasteiger partial charge in [-0.3, -0.25) is 9.88 Å². The molecule has 128 valence electrons. The van der Waals surface area contributed by atoms with Crippen LogP contribution in [-0.2, 0) is 6.54 Å². The van der Waals surface area contributed by atoms with Crippen molar-refractivity contribution < 1.29 is 8.81 Å². The Labute approximate surface area is 145 Å². The fraction of sp³-hybridized carbons (Fsp3) is 0.316. The van der Waals surface area contributed by atoms with Crippen LogP contribution in [0.25, 0.3) is 11.5 Å². The summed E-state index contributed by atoms with van der Waals surface area (Å²) in [7, 11) is 0. The van der Waals surface area contributed by atoms with Crippen molar-refractivity contribution in [1.29, 1.82) is 0 Å². The number of pyridine rings is 1. The van der Waals surface area contributed by atoms with Crippen LogP contribution in [0.3, 0.4) is 0 Å². The van der Waals surface area contributed by atoms with Crippen LogP contribution in [-0.4, -0.2) is 33.2 Å². The zero-order valence-electron chi connectivity index (χ0n) is 13.8. The average Bonchev–Trinajstić information content (AvgIpc) is 3.13. The van der Waals surface area contributed by atoms with Gasteiger partial charge in [-0.25, -0.2) is 4.39 Å². The average molecular weight is 338 g/mol. The van der Waals surface area contributed by atoms with Crippen LogP contribution in [0.4, 0.5) is 4.39 Å². The number of hydrogen-bond acceptors (Lipinski definition) is 5. The molecular formula is C19H19FN4O. The summed E-state index contributed by atoms with van der Waals surface area (Å²) < 4.78 is 19.2. The number of hydrogen-bond donors (Lipinski definition) is 0. The maximum absolute atomic E-state index is 13.3. The maximum atomic E-state index is 13.3. The summed E-state index contributed by atoms with van der Waals surface area (Å²) in [5, 5.41) is 8.39. The summed E-state index contributed by atoms with van der Waals surface area (Å²) in [6, 6.07) is 10.5. The zero-order valence-corrected chi connectivity index (χ0v) is 13.8. The van der Waals surface area contributed by atoms with Crippen molar-refractivity contribution in [2.75, 3.05) is 13.1 Å². The van der Waals surface area contributed by atoms with E-state index < -0.39 is 0 Å². The fourth-order valence-electron chi connectivity index (χ4n) is 3.24. The van der Waals surface area contributed by atoms with E-state index in [-0.39, 0.29) is 11.7 Å². The van der Waals surface area contributed by atoms with E-state index in [1.54, 1.807) is 24.5 Å². The third-order valence-corrected chi connectivity index (χ3v) is 4.60. The Balaban J connectivity index is 1.37. The molecule has 3 aromatic rings. The number of aromatic nitrogens is 3. The lowest BCUT2D eigenvalue weighted by Gasteiger charge is -2.30. The topological polar surface area (TPSA) is 55.1 Å². The van der Waals surface area contributed by atoms with Gasteiger partial charge >= 0.3 is 0 Å². The van der Waals surface area contributed by atoms with E-state index in [9.17, 15) is 4.39 Å². The third-order valence-electron chi connectivity index (χ3n) is 4.60. The molecule has 0 amide bonds. The first-order chi connectivity index (χ1) is 12.3. The molecular weight excluding hydrogens is 319 g/mol. The van der Waals surface area contributed by atoms with E-state index in [4.69, 9.17) is 4.42 Å². The minimum absolute atomic E-state index is 0.179. The number of nitrogens with zero attached hydrogens (tertiary/aromatic N) is 4. The molecule has 25 heavy (non-hydrogen) atoms. The maximum Gasteiger partial charge on any atom is 0.247 e. The number of benzene rings is 1. The standard InChI is InChI=1S/C19H19FN4O/c20-17-3-1-2-14(12-17)13-24-10-6-16(7-11-24)19-23-22-18(25-19)15-4-8-21-9-5-15/h1-5,8-9,12,16H,6-7,10-11,13H2. The van der Waals surface area contributed by atoms with Crippen LogP contribution in [0.2, 0.25) is 0 Å². The zero-order chi connectivity index (χ0) is 17.1. The Morgan fingerprint density at radius 2 is 1.88 bits per heavy atom. The Morgan fingerprint density at radius 3 is 2.64 bits per heavy atom. The van der Waals surface area contributed by atoms with Crippen molar-refractivity contribution in [3.63, 3.8) is 0 Å². The van der Waals surface area contributed by atoms with Gasteiger partial charge < -0.3 is 4.42 Å². The summed E-state index contributed by atoms with van der Waals surface area (Å²) in [4.78, 5) is 6.34. The minimum atomic E-state index is -0.179. The molecule has 2 aromatic heterocycles. The number of piperidine rings is 1. The van der Waals surface area contributed by atoms with Gasteiger partial charge in [0.2, 0.25) is 11.8 Å². The molecule has 1 aliphatic rings. The lowest BCUT2D eigenvalue weighted by atomic mass is 9.96. The fourth-order valence-corrected chi connectivity index (χ4v) is 3.24. The molecule has 0 spiro atoms. The summed E-state index contributed by atoms with van der Waals surface area (Å²) >= 11 is 0. The van der Waals surface area contributed by atoms with E-state index in [2.05, 4.69) is 20.1 Å². The highest BCUT2D eigenvalue weighted by molar-refractivity contribution is 5.50. The first-order valence-corrected chi connectivity index (χ1v) is 8.48. The highest BCUT2D eigenvalue weighted by atomic mass is 19.1. The minimum Gasteiger partial charge on any atom is -0.420 e. The number of halogens is 1. The Hall–Kier alpha value is -2.60. The van der Waals surface area contributed by atoms with E-state index in [1.807, 2.05) is 18.2 Å². The van der Waals surface area contributed by atoms with Gasteiger partial charge in [0.05, 0.1) is 0 Å². The van der Waals surface area contributed by atoms with Crippen molar-refractivity contribution in [1.82, 2.24) is 20.1 Å². The highest BCUT2D eigenvalue weighted by Crippen LogP contribution is 2.29. The van der Waals surface area contributed by atoms with Gasteiger partial charge in [-0.1, -0.05) is 12.1 Å². The second-order valence-electron chi connectivity index (χ2n) is 6.36. The van der Waals surface area contributed by atoms with Crippen LogP contribution >= 0.6 is 0 Å². The van der Waals surface area contributed by atoms with E-state index in [0.29, 0.717) is 11.8 Å². The van der Waals surface area contributed by atoms with Crippen molar-refractivity contribution in [2.24, 2.45) is 0 Å². The Morgan fingerprint density at radius 1 is 1.08 bits per heavy atom. The molecule has 3 heterocycles. The molecule has 0 aliphatic carbocycles. The second-order valence-corrected chi connectivity index (χ2v) is 6.36. The van der Waals surface area contributed by atoms with Gasteiger partial charge in [0.1, 0.15) is 5.82 Å². The molecule has 1 aliphatic heterocycles.